The normalized spacial score (nSPS) is 10.3. The Hall–Kier alpha value is -0.570. The maximum absolute atomic E-state index is 10.1. The van der Waals surface area contributed by atoms with Crippen molar-refractivity contribution in [2.24, 2.45) is 0 Å². The molecule has 2 nitrogen and oxygen atoms in total. The van der Waals surface area contributed by atoms with Crippen LogP contribution in [0.25, 0.3) is 6.08 Å². The zero-order chi connectivity index (χ0) is 10.6. The van der Waals surface area contributed by atoms with Crippen LogP contribution in [-0.4, -0.2) is 5.97 Å². The van der Waals surface area contributed by atoms with E-state index >= 15 is 0 Å². The summed E-state index contributed by atoms with van der Waals surface area (Å²) < 4.78 is 0. The van der Waals surface area contributed by atoms with E-state index in [2.05, 4.69) is 13.8 Å². The number of carboxylic acid groups (broad SMARTS) is 1. The van der Waals surface area contributed by atoms with Crippen LogP contribution in [0.1, 0.15) is 30.9 Å². The zero-order valence-electron chi connectivity index (χ0n) is 9.36. The standard InChI is InChI=1S/C12H14O2.Na/c1-9(2)11-6-3-10(4-7-11)5-8-12(13)14;/h3-9H,1-2H3,(H,13,14);/q;+1/p-1/b8-5+;. The van der Waals surface area contributed by atoms with Gasteiger partial charge in [-0.05, 0) is 23.1 Å². The number of hydrogen-bond donors (Lipinski definition) is 0. The molecule has 0 bridgehead atoms. The van der Waals surface area contributed by atoms with Gasteiger partial charge >= 0.3 is 29.6 Å². The Morgan fingerprint density at radius 1 is 1.27 bits per heavy atom. The van der Waals surface area contributed by atoms with Crippen molar-refractivity contribution in [2.75, 3.05) is 0 Å². The molecule has 0 heterocycles. The zero-order valence-corrected chi connectivity index (χ0v) is 11.4. The fourth-order valence-corrected chi connectivity index (χ4v) is 1.16. The third kappa shape index (κ3) is 5.17. The molecule has 3 heteroatoms. The molecule has 0 N–H and O–H groups in total. The third-order valence-corrected chi connectivity index (χ3v) is 2.01. The van der Waals surface area contributed by atoms with E-state index in [1.54, 1.807) is 0 Å². The minimum absolute atomic E-state index is 0. The molecule has 0 aliphatic rings. The monoisotopic (exact) mass is 212 g/mol. The van der Waals surface area contributed by atoms with Gasteiger partial charge in [-0.3, -0.25) is 0 Å². The van der Waals surface area contributed by atoms with Crippen LogP contribution in [-0.2, 0) is 4.79 Å². The fourth-order valence-electron chi connectivity index (χ4n) is 1.16. The molecule has 74 valence electrons. The average molecular weight is 212 g/mol. The molecule has 1 rings (SSSR count). The van der Waals surface area contributed by atoms with Crippen LogP contribution < -0.4 is 34.7 Å². The van der Waals surface area contributed by atoms with E-state index in [1.807, 2.05) is 24.3 Å². The largest absolute Gasteiger partial charge is 1.00 e. The van der Waals surface area contributed by atoms with Crippen LogP contribution in [0.5, 0.6) is 0 Å². The molecular formula is C12H13NaO2. The molecule has 0 atom stereocenters. The van der Waals surface area contributed by atoms with Crippen LogP contribution >= 0.6 is 0 Å². The van der Waals surface area contributed by atoms with Crippen LogP contribution in [0, 0.1) is 0 Å². The first kappa shape index (κ1) is 14.4. The maximum Gasteiger partial charge on any atom is 1.00 e. The molecule has 0 spiro atoms. The van der Waals surface area contributed by atoms with Crippen molar-refractivity contribution in [2.45, 2.75) is 19.8 Å². The van der Waals surface area contributed by atoms with E-state index in [9.17, 15) is 9.90 Å². The first-order valence-corrected chi connectivity index (χ1v) is 4.58. The molecule has 1 aromatic carbocycles. The summed E-state index contributed by atoms with van der Waals surface area (Å²) in [5.41, 5.74) is 2.12. The van der Waals surface area contributed by atoms with Gasteiger partial charge in [0.05, 0.1) is 5.97 Å². The van der Waals surface area contributed by atoms with Crippen LogP contribution in [0.3, 0.4) is 0 Å². The number of carboxylic acids is 1. The Morgan fingerprint density at radius 3 is 2.20 bits per heavy atom. The van der Waals surface area contributed by atoms with E-state index in [4.69, 9.17) is 0 Å². The molecule has 0 radical (unpaired) electrons. The summed E-state index contributed by atoms with van der Waals surface area (Å²) >= 11 is 0. The molecule has 0 fully saturated rings. The van der Waals surface area contributed by atoms with E-state index in [1.165, 1.54) is 11.6 Å². The molecule has 15 heavy (non-hydrogen) atoms. The molecular weight excluding hydrogens is 199 g/mol. The summed E-state index contributed by atoms with van der Waals surface area (Å²) in [4.78, 5) is 10.1. The van der Waals surface area contributed by atoms with Crippen LogP contribution in [0.15, 0.2) is 30.3 Å². The number of benzene rings is 1. The van der Waals surface area contributed by atoms with Gasteiger partial charge in [0.1, 0.15) is 0 Å². The summed E-state index contributed by atoms with van der Waals surface area (Å²) in [5.74, 6) is -0.674. The number of carbonyl (C=O) groups is 1. The second kappa shape index (κ2) is 6.83. The molecule has 0 amide bonds. The minimum atomic E-state index is -1.17. The van der Waals surface area contributed by atoms with Crippen LogP contribution in [0.2, 0.25) is 0 Å². The molecule has 0 aromatic heterocycles. The summed E-state index contributed by atoms with van der Waals surface area (Å²) in [5, 5.41) is 10.1. The quantitative estimate of drug-likeness (QED) is 0.455. The Kier molecular flexibility index (Phi) is 6.57. The summed E-state index contributed by atoms with van der Waals surface area (Å²) in [6.45, 7) is 4.23. The maximum atomic E-state index is 10.1. The van der Waals surface area contributed by atoms with Crippen molar-refractivity contribution in [3.8, 4) is 0 Å². The van der Waals surface area contributed by atoms with Crippen molar-refractivity contribution in [1.29, 1.82) is 0 Å². The molecule has 0 saturated heterocycles. The van der Waals surface area contributed by atoms with E-state index < -0.39 is 5.97 Å². The van der Waals surface area contributed by atoms with E-state index in [0.29, 0.717) is 5.92 Å². The van der Waals surface area contributed by atoms with E-state index in [-0.39, 0.29) is 29.6 Å². The van der Waals surface area contributed by atoms with Crippen molar-refractivity contribution in [3.63, 3.8) is 0 Å². The van der Waals surface area contributed by atoms with Crippen LogP contribution in [0.4, 0.5) is 0 Å². The minimum Gasteiger partial charge on any atom is -0.545 e. The number of hydrogen-bond acceptors (Lipinski definition) is 2. The number of carbonyl (C=O) groups excluding carboxylic acids is 1. The number of rotatable bonds is 3. The summed E-state index contributed by atoms with van der Waals surface area (Å²) in [6, 6.07) is 7.79. The van der Waals surface area contributed by atoms with Gasteiger partial charge in [0.15, 0.2) is 0 Å². The molecule has 0 saturated carbocycles. The van der Waals surface area contributed by atoms with Crippen molar-refractivity contribution in [3.05, 3.63) is 41.5 Å². The molecule has 0 aliphatic heterocycles. The smallest absolute Gasteiger partial charge is 0.545 e. The molecule has 0 aliphatic carbocycles. The Morgan fingerprint density at radius 2 is 1.80 bits per heavy atom. The number of aliphatic carboxylic acids is 1. The fraction of sp³-hybridized carbons (Fsp3) is 0.250. The van der Waals surface area contributed by atoms with Gasteiger partial charge in [0.2, 0.25) is 0 Å². The first-order valence-electron chi connectivity index (χ1n) is 4.58. The second-order valence-corrected chi connectivity index (χ2v) is 3.47. The van der Waals surface area contributed by atoms with Gasteiger partial charge in [0.25, 0.3) is 0 Å². The Bertz CT molecular complexity index is 339. The van der Waals surface area contributed by atoms with Gasteiger partial charge in [-0.25, -0.2) is 0 Å². The van der Waals surface area contributed by atoms with Crippen molar-refractivity contribution in [1.82, 2.24) is 0 Å². The Labute approximate surface area is 112 Å². The summed E-state index contributed by atoms with van der Waals surface area (Å²) in [6.07, 6.45) is 2.56. The van der Waals surface area contributed by atoms with Crippen molar-refractivity contribution >= 4 is 12.0 Å². The first-order chi connectivity index (χ1) is 6.59. The van der Waals surface area contributed by atoms with Gasteiger partial charge in [0, 0.05) is 0 Å². The predicted octanol–water partition coefficient (Wildman–Crippen LogP) is -1.42. The second-order valence-electron chi connectivity index (χ2n) is 3.47. The van der Waals surface area contributed by atoms with Crippen molar-refractivity contribution < 1.29 is 39.5 Å². The topological polar surface area (TPSA) is 40.1 Å². The Balaban J connectivity index is 0.00000196. The van der Waals surface area contributed by atoms with Gasteiger partial charge in [-0.2, -0.15) is 0 Å². The molecule has 0 unspecified atom stereocenters. The molecule has 1 aromatic rings. The average Bonchev–Trinajstić information content (AvgIpc) is 2.15. The van der Waals surface area contributed by atoms with Gasteiger partial charge < -0.3 is 9.90 Å². The third-order valence-electron chi connectivity index (χ3n) is 2.01. The predicted molar refractivity (Wildman–Crippen MR) is 54.6 cm³/mol. The van der Waals surface area contributed by atoms with Gasteiger partial charge in [-0.15, -0.1) is 0 Å². The van der Waals surface area contributed by atoms with E-state index in [0.717, 1.165) is 11.6 Å². The summed E-state index contributed by atoms with van der Waals surface area (Å²) in [7, 11) is 0. The SMILES string of the molecule is CC(C)c1ccc(/C=C/C(=O)[O-])cc1.[Na+]. The van der Waals surface area contributed by atoms with Gasteiger partial charge in [-0.1, -0.05) is 44.2 Å².